The van der Waals surface area contributed by atoms with E-state index in [0.29, 0.717) is 49.2 Å². The second-order valence-corrected chi connectivity index (χ2v) is 9.11. The van der Waals surface area contributed by atoms with Crippen LogP contribution in [0, 0.1) is 11.7 Å². The average molecular weight is 458 g/mol. The molecule has 7 heteroatoms. The molecule has 0 bridgehead atoms. The maximum Gasteiger partial charge on any atom is 0.253 e. The Balaban J connectivity index is 1.38. The number of rotatable bonds is 6. The molecule has 5 nitrogen and oxygen atoms in total. The van der Waals surface area contributed by atoms with Crippen LogP contribution >= 0.6 is 11.6 Å². The Morgan fingerprint density at radius 1 is 0.969 bits per heavy atom. The standard InChI is InChI=1S/C25H29ClFN3O2/c26-21-9-7-20(8-10-21)25(32)30-15-13-29(14-16-30)23(19-3-1-2-4-19)24(31)28-17-18-5-11-22(27)12-6-18/h5-12,19,23H,1-4,13-17H2,(H,28,31)/t23-/m0/s1. The molecule has 32 heavy (non-hydrogen) atoms. The van der Waals surface area contributed by atoms with Crippen molar-refractivity contribution in [1.82, 2.24) is 15.1 Å². The van der Waals surface area contributed by atoms with Gasteiger partial charge in [0.15, 0.2) is 0 Å². The summed E-state index contributed by atoms with van der Waals surface area (Å²) >= 11 is 5.93. The molecule has 170 valence electrons. The molecule has 1 aliphatic carbocycles. The van der Waals surface area contributed by atoms with Crippen LogP contribution < -0.4 is 5.32 Å². The van der Waals surface area contributed by atoms with E-state index in [0.717, 1.165) is 31.2 Å². The molecule has 1 saturated carbocycles. The molecule has 2 amide bonds. The van der Waals surface area contributed by atoms with E-state index in [1.807, 2.05) is 4.90 Å². The van der Waals surface area contributed by atoms with Crippen LogP contribution in [0.3, 0.4) is 0 Å². The van der Waals surface area contributed by atoms with Gasteiger partial charge in [-0.25, -0.2) is 4.39 Å². The Labute approximate surface area is 193 Å². The summed E-state index contributed by atoms with van der Waals surface area (Å²) in [5, 5.41) is 3.67. The molecule has 1 atom stereocenters. The fraction of sp³-hybridized carbons (Fsp3) is 0.440. The highest BCUT2D eigenvalue weighted by molar-refractivity contribution is 6.30. The number of carbonyl (C=O) groups is 2. The van der Waals surface area contributed by atoms with E-state index in [1.54, 1.807) is 36.4 Å². The quantitative estimate of drug-likeness (QED) is 0.710. The number of halogens is 2. The van der Waals surface area contributed by atoms with Crippen molar-refractivity contribution in [3.8, 4) is 0 Å². The summed E-state index contributed by atoms with van der Waals surface area (Å²) < 4.78 is 13.1. The third-order valence-electron chi connectivity index (χ3n) is 6.58. The average Bonchev–Trinajstić information content (AvgIpc) is 3.34. The van der Waals surface area contributed by atoms with Crippen LogP contribution in [0.1, 0.15) is 41.6 Å². The summed E-state index contributed by atoms with van der Waals surface area (Å²) in [5.41, 5.74) is 1.51. The molecule has 0 spiro atoms. The fourth-order valence-corrected chi connectivity index (χ4v) is 4.95. The summed E-state index contributed by atoms with van der Waals surface area (Å²) in [4.78, 5) is 30.1. The highest BCUT2D eigenvalue weighted by Crippen LogP contribution is 2.31. The van der Waals surface area contributed by atoms with Gasteiger partial charge >= 0.3 is 0 Å². The van der Waals surface area contributed by atoms with Gasteiger partial charge in [0.1, 0.15) is 5.82 Å². The molecule has 2 fully saturated rings. The van der Waals surface area contributed by atoms with Crippen molar-refractivity contribution in [2.45, 2.75) is 38.3 Å². The van der Waals surface area contributed by atoms with E-state index in [1.165, 1.54) is 12.1 Å². The molecule has 0 radical (unpaired) electrons. The number of piperazine rings is 1. The fourth-order valence-electron chi connectivity index (χ4n) is 4.83. The van der Waals surface area contributed by atoms with Crippen LogP contribution in [0.15, 0.2) is 48.5 Å². The van der Waals surface area contributed by atoms with Crippen molar-refractivity contribution in [1.29, 1.82) is 0 Å². The van der Waals surface area contributed by atoms with Gasteiger partial charge in [-0.2, -0.15) is 0 Å². The van der Waals surface area contributed by atoms with Crippen LogP contribution in [-0.2, 0) is 11.3 Å². The van der Waals surface area contributed by atoms with E-state index >= 15 is 0 Å². The first-order valence-electron chi connectivity index (χ1n) is 11.3. The molecule has 0 aromatic heterocycles. The van der Waals surface area contributed by atoms with Gasteiger partial charge in [-0.05, 0) is 60.7 Å². The Bertz CT molecular complexity index is 921. The maximum atomic E-state index is 13.2. The van der Waals surface area contributed by atoms with Crippen molar-refractivity contribution in [2.24, 2.45) is 5.92 Å². The zero-order valence-electron chi connectivity index (χ0n) is 18.1. The molecule has 2 aromatic rings. The maximum absolute atomic E-state index is 13.2. The van der Waals surface area contributed by atoms with Gasteiger partial charge in [-0.15, -0.1) is 0 Å². The van der Waals surface area contributed by atoms with E-state index < -0.39 is 0 Å². The summed E-state index contributed by atoms with van der Waals surface area (Å²) in [5.74, 6) is 0.0786. The van der Waals surface area contributed by atoms with Crippen molar-refractivity contribution in [3.63, 3.8) is 0 Å². The lowest BCUT2D eigenvalue weighted by Crippen LogP contribution is -2.57. The number of benzene rings is 2. The monoisotopic (exact) mass is 457 g/mol. The third-order valence-corrected chi connectivity index (χ3v) is 6.83. The van der Waals surface area contributed by atoms with E-state index in [2.05, 4.69) is 10.2 Å². The van der Waals surface area contributed by atoms with Gasteiger partial charge in [-0.1, -0.05) is 36.6 Å². The van der Waals surface area contributed by atoms with Crippen LogP contribution in [0.4, 0.5) is 4.39 Å². The van der Waals surface area contributed by atoms with Crippen molar-refractivity contribution in [3.05, 3.63) is 70.5 Å². The minimum atomic E-state index is -0.282. The summed E-state index contributed by atoms with van der Waals surface area (Å²) in [6.07, 6.45) is 4.42. The van der Waals surface area contributed by atoms with Crippen molar-refractivity contribution in [2.75, 3.05) is 26.2 Å². The molecular formula is C25H29ClFN3O2. The van der Waals surface area contributed by atoms with Crippen LogP contribution in [-0.4, -0.2) is 53.8 Å². The Morgan fingerprint density at radius 2 is 1.59 bits per heavy atom. The number of nitrogens with one attached hydrogen (secondary N) is 1. The molecule has 1 N–H and O–H groups in total. The summed E-state index contributed by atoms with van der Waals surface area (Å²) in [6, 6.07) is 13.0. The lowest BCUT2D eigenvalue weighted by Gasteiger charge is -2.40. The van der Waals surface area contributed by atoms with Gasteiger partial charge in [0.05, 0.1) is 6.04 Å². The predicted molar refractivity (Wildman–Crippen MR) is 123 cm³/mol. The van der Waals surface area contributed by atoms with E-state index in [-0.39, 0.29) is 23.7 Å². The highest BCUT2D eigenvalue weighted by atomic mass is 35.5. The second kappa shape index (κ2) is 10.5. The lowest BCUT2D eigenvalue weighted by molar-refractivity contribution is -0.129. The second-order valence-electron chi connectivity index (χ2n) is 8.67. The molecule has 2 aliphatic rings. The summed E-state index contributed by atoms with van der Waals surface area (Å²) in [6.45, 7) is 2.91. The van der Waals surface area contributed by atoms with Gasteiger partial charge in [-0.3, -0.25) is 14.5 Å². The molecule has 4 rings (SSSR count). The molecule has 1 heterocycles. The lowest BCUT2D eigenvalue weighted by atomic mass is 9.94. The molecule has 1 saturated heterocycles. The van der Waals surface area contributed by atoms with Crippen LogP contribution in [0.5, 0.6) is 0 Å². The van der Waals surface area contributed by atoms with E-state index in [4.69, 9.17) is 11.6 Å². The predicted octanol–water partition coefficient (Wildman–Crippen LogP) is 4.11. The number of nitrogens with zero attached hydrogens (tertiary/aromatic N) is 2. The van der Waals surface area contributed by atoms with Gasteiger partial charge < -0.3 is 10.2 Å². The van der Waals surface area contributed by atoms with Gasteiger partial charge in [0.25, 0.3) is 5.91 Å². The Morgan fingerprint density at radius 3 is 2.22 bits per heavy atom. The first kappa shape index (κ1) is 22.7. The molecule has 1 aliphatic heterocycles. The third kappa shape index (κ3) is 5.48. The molecular weight excluding hydrogens is 429 g/mol. The first-order chi connectivity index (χ1) is 15.5. The van der Waals surface area contributed by atoms with Crippen molar-refractivity contribution < 1.29 is 14.0 Å². The van der Waals surface area contributed by atoms with Gasteiger partial charge in [0.2, 0.25) is 5.91 Å². The van der Waals surface area contributed by atoms with Gasteiger partial charge in [0, 0.05) is 43.3 Å². The number of hydrogen-bond donors (Lipinski definition) is 1. The Kier molecular flexibility index (Phi) is 7.43. The molecule has 2 aromatic carbocycles. The normalized spacial score (nSPS) is 18.5. The van der Waals surface area contributed by atoms with Crippen LogP contribution in [0.25, 0.3) is 0 Å². The summed E-state index contributed by atoms with van der Waals surface area (Å²) in [7, 11) is 0. The highest BCUT2D eigenvalue weighted by Gasteiger charge is 2.37. The SMILES string of the molecule is O=C(NCc1ccc(F)cc1)[C@H](C1CCCC1)N1CCN(C(=O)c2ccc(Cl)cc2)CC1. The number of amides is 2. The van der Waals surface area contributed by atoms with Crippen LogP contribution in [0.2, 0.25) is 5.02 Å². The largest absolute Gasteiger partial charge is 0.351 e. The zero-order chi connectivity index (χ0) is 22.5. The molecule has 0 unspecified atom stereocenters. The number of carbonyl (C=O) groups excluding carboxylic acids is 2. The smallest absolute Gasteiger partial charge is 0.253 e. The van der Waals surface area contributed by atoms with Crippen molar-refractivity contribution >= 4 is 23.4 Å². The van der Waals surface area contributed by atoms with E-state index in [9.17, 15) is 14.0 Å². The zero-order valence-corrected chi connectivity index (χ0v) is 18.9. The first-order valence-corrected chi connectivity index (χ1v) is 11.7. The topological polar surface area (TPSA) is 52.7 Å². The minimum absolute atomic E-state index is 0.000468. The minimum Gasteiger partial charge on any atom is -0.351 e. The Hall–Kier alpha value is -2.44. The number of hydrogen-bond acceptors (Lipinski definition) is 3.